The molecule has 1 amide bonds. The monoisotopic (exact) mass is 343 g/mol. The Morgan fingerprint density at radius 2 is 1.91 bits per heavy atom. The van der Waals surface area contributed by atoms with Crippen molar-refractivity contribution in [2.45, 2.75) is 13.3 Å². The molecule has 116 valence electrons. The molecule has 1 N–H and O–H groups in total. The van der Waals surface area contributed by atoms with Crippen LogP contribution in [0.3, 0.4) is 0 Å². The van der Waals surface area contributed by atoms with Crippen LogP contribution in [0.5, 0.6) is 0 Å². The molecule has 3 rings (SSSR count). The molecule has 0 unspecified atom stereocenters. The summed E-state index contributed by atoms with van der Waals surface area (Å²) in [5.41, 5.74) is 3.29. The minimum atomic E-state index is -0.203. The van der Waals surface area contributed by atoms with Gasteiger partial charge in [0.2, 0.25) is 0 Å². The second kappa shape index (κ2) is 6.89. The Morgan fingerprint density at radius 3 is 2.65 bits per heavy atom. The van der Waals surface area contributed by atoms with Gasteiger partial charge in [0.25, 0.3) is 5.91 Å². The predicted octanol–water partition coefficient (Wildman–Crippen LogP) is 4.67. The van der Waals surface area contributed by atoms with Crippen LogP contribution in [0.4, 0.5) is 5.69 Å². The van der Waals surface area contributed by atoms with E-state index in [1.165, 1.54) is 0 Å². The van der Waals surface area contributed by atoms with Crippen molar-refractivity contribution in [3.63, 3.8) is 0 Å². The summed E-state index contributed by atoms with van der Waals surface area (Å²) in [4.78, 5) is 13.1. The topological polar surface area (TPSA) is 54.9 Å². The number of halogens is 1. The molecule has 0 fully saturated rings. The summed E-state index contributed by atoms with van der Waals surface area (Å²) in [6, 6.07) is 15.0. The van der Waals surface area contributed by atoms with Crippen LogP contribution in [0.1, 0.15) is 22.2 Å². The quantitative estimate of drug-likeness (QED) is 0.748. The first-order valence-electron chi connectivity index (χ1n) is 7.16. The summed E-state index contributed by atoms with van der Waals surface area (Å²) in [6.45, 7) is 2.05. The van der Waals surface area contributed by atoms with Gasteiger partial charge in [-0.15, -0.1) is 5.10 Å². The van der Waals surface area contributed by atoms with E-state index >= 15 is 0 Å². The molecule has 0 bridgehead atoms. The molecule has 4 nitrogen and oxygen atoms in total. The SMILES string of the molecule is CCc1ccccc1NC(=O)c1snnc1-c1ccc(Cl)cc1. The molecule has 0 atom stereocenters. The van der Waals surface area contributed by atoms with Crippen LogP contribution in [0.2, 0.25) is 5.02 Å². The zero-order chi connectivity index (χ0) is 16.2. The minimum absolute atomic E-state index is 0.203. The Kier molecular flexibility index (Phi) is 4.69. The number of nitrogens with zero attached hydrogens (tertiary/aromatic N) is 2. The van der Waals surface area contributed by atoms with Crippen molar-refractivity contribution in [3.05, 3.63) is 64.0 Å². The number of aryl methyl sites for hydroxylation is 1. The lowest BCUT2D eigenvalue weighted by atomic mass is 10.1. The van der Waals surface area contributed by atoms with Gasteiger partial charge in [-0.25, -0.2) is 0 Å². The van der Waals surface area contributed by atoms with Crippen LogP contribution in [0, 0.1) is 0 Å². The number of para-hydroxylation sites is 1. The summed E-state index contributed by atoms with van der Waals surface area (Å²) in [5, 5.41) is 7.68. The molecule has 0 saturated carbocycles. The fourth-order valence-electron chi connectivity index (χ4n) is 2.27. The largest absolute Gasteiger partial charge is 0.321 e. The molecule has 23 heavy (non-hydrogen) atoms. The molecular weight excluding hydrogens is 330 g/mol. The van der Waals surface area contributed by atoms with Crippen molar-refractivity contribution in [1.82, 2.24) is 9.59 Å². The fraction of sp³-hybridized carbons (Fsp3) is 0.118. The van der Waals surface area contributed by atoms with Gasteiger partial charge in [0.1, 0.15) is 10.6 Å². The van der Waals surface area contributed by atoms with Crippen molar-refractivity contribution in [2.75, 3.05) is 5.32 Å². The van der Waals surface area contributed by atoms with Crippen molar-refractivity contribution in [1.29, 1.82) is 0 Å². The van der Waals surface area contributed by atoms with E-state index in [0.29, 0.717) is 15.6 Å². The number of hydrogen-bond acceptors (Lipinski definition) is 4. The van der Waals surface area contributed by atoms with Crippen LogP contribution in [0.25, 0.3) is 11.3 Å². The van der Waals surface area contributed by atoms with E-state index in [1.54, 1.807) is 12.1 Å². The highest BCUT2D eigenvalue weighted by atomic mass is 35.5. The number of hydrogen-bond donors (Lipinski definition) is 1. The van der Waals surface area contributed by atoms with Crippen LogP contribution in [0.15, 0.2) is 48.5 Å². The van der Waals surface area contributed by atoms with E-state index in [9.17, 15) is 4.79 Å². The van der Waals surface area contributed by atoms with E-state index in [-0.39, 0.29) is 5.91 Å². The molecule has 3 aromatic rings. The third-order valence-corrected chi connectivity index (χ3v) is 4.43. The molecule has 0 saturated heterocycles. The number of aromatic nitrogens is 2. The molecular formula is C17H14ClN3OS. The van der Waals surface area contributed by atoms with Gasteiger partial charge in [-0.1, -0.05) is 53.3 Å². The fourth-order valence-corrected chi connectivity index (χ4v) is 2.98. The summed E-state index contributed by atoms with van der Waals surface area (Å²) in [5.74, 6) is -0.203. The first-order chi connectivity index (χ1) is 11.2. The summed E-state index contributed by atoms with van der Waals surface area (Å²) in [6.07, 6.45) is 0.849. The number of amides is 1. The summed E-state index contributed by atoms with van der Waals surface area (Å²) < 4.78 is 3.92. The Bertz CT molecular complexity index is 830. The van der Waals surface area contributed by atoms with Crippen molar-refractivity contribution < 1.29 is 4.79 Å². The van der Waals surface area contributed by atoms with E-state index < -0.39 is 0 Å². The maximum atomic E-state index is 12.6. The molecule has 0 spiro atoms. The molecule has 2 aromatic carbocycles. The van der Waals surface area contributed by atoms with E-state index in [2.05, 4.69) is 21.8 Å². The second-order valence-electron chi connectivity index (χ2n) is 4.92. The van der Waals surface area contributed by atoms with Gasteiger partial charge in [-0.2, -0.15) is 0 Å². The minimum Gasteiger partial charge on any atom is -0.321 e. The second-order valence-corrected chi connectivity index (χ2v) is 6.11. The third-order valence-electron chi connectivity index (χ3n) is 3.46. The number of carbonyl (C=O) groups excluding carboxylic acids is 1. The summed E-state index contributed by atoms with van der Waals surface area (Å²) in [7, 11) is 0. The zero-order valence-corrected chi connectivity index (χ0v) is 14.0. The van der Waals surface area contributed by atoms with Crippen molar-refractivity contribution >= 4 is 34.7 Å². The molecule has 0 radical (unpaired) electrons. The van der Waals surface area contributed by atoms with Crippen molar-refractivity contribution in [3.8, 4) is 11.3 Å². The molecule has 1 heterocycles. The van der Waals surface area contributed by atoms with Crippen LogP contribution < -0.4 is 5.32 Å². The van der Waals surface area contributed by atoms with Crippen molar-refractivity contribution in [2.24, 2.45) is 0 Å². The number of carbonyl (C=O) groups is 1. The number of rotatable bonds is 4. The van der Waals surface area contributed by atoms with Gasteiger partial charge in [0.05, 0.1) is 0 Å². The highest BCUT2D eigenvalue weighted by molar-refractivity contribution is 7.08. The average molecular weight is 344 g/mol. The van der Waals surface area contributed by atoms with Gasteiger partial charge in [-0.05, 0) is 41.7 Å². The van der Waals surface area contributed by atoms with Crippen LogP contribution in [-0.4, -0.2) is 15.5 Å². The highest BCUT2D eigenvalue weighted by Crippen LogP contribution is 2.26. The molecule has 0 aliphatic carbocycles. The maximum absolute atomic E-state index is 12.6. The van der Waals surface area contributed by atoms with Gasteiger partial charge in [-0.3, -0.25) is 4.79 Å². The van der Waals surface area contributed by atoms with Crippen LogP contribution in [-0.2, 0) is 6.42 Å². The molecule has 0 aliphatic rings. The Hall–Kier alpha value is -2.24. The number of benzene rings is 2. The van der Waals surface area contributed by atoms with Crippen LogP contribution >= 0.6 is 23.1 Å². The van der Waals surface area contributed by atoms with Gasteiger partial charge >= 0.3 is 0 Å². The summed E-state index contributed by atoms with van der Waals surface area (Å²) >= 11 is 6.99. The first kappa shape index (κ1) is 15.6. The Balaban J connectivity index is 1.89. The first-order valence-corrected chi connectivity index (χ1v) is 8.31. The van der Waals surface area contributed by atoms with Gasteiger partial charge in [0, 0.05) is 16.3 Å². The lowest BCUT2D eigenvalue weighted by Gasteiger charge is -2.09. The lowest BCUT2D eigenvalue weighted by molar-refractivity contribution is 0.103. The normalized spacial score (nSPS) is 10.5. The highest BCUT2D eigenvalue weighted by Gasteiger charge is 2.18. The van der Waals surface area contributed by atoms with E-state index in [4.69, 9.17) is 11.6 Å². The average Bonchev–Trinajstić information content (AvgIpc) is 3.06. The molecule has 0 aliphatic heterocycles. The van der Waals surface area contributed by atoms with Gasteiger partial charge < -0.3 is 5.32 Å². The van der Waals surface area contributed by atoms with Gasteiger partial charge in [0.15, 0.2) is 0 Å². The smallest absolute Gasteiger partial charge is 0.269 e. The molecule has 1 aromatic heterocycles. The zero-order valence-electron chi connectivity index (χ0n) is 12.4. The number of nitrogens with one attached hydrogen (secondary N) is 1. The number of anilines is 1. The Morgan fingerprint density at radius 1 is 1.17 bits per heavy atom. The third kappa shape index (κ3) is 3.41. The predicted molar refractivity (Wildman–Crippen MR) is 94.1 cm³/mol. The van der Waals surface area contributed by atoms with E-state index in [1.807, 2.05) is 36.4 Å². The standard InChI is InChI=1S/C17H14ClN3OS/c1-2-11-5-3-4-6-14(11)19-17(22)16-15(20-21-23-16)12-7-9-13(18)10-8-12/h3-10H,2H2,1H3,(H,19,22). The molecule has 6 heteroatoms. The van der Waals surface area contributed by atoms with E-state index in [0.717, 1.165) is 34.8 Å². The lowest BCUT2D eigenvalue weighted by Crippen LogP contribution is -2.12. The Labute approximate surface area is 143 Å². The maximum Gasteiger partial charge on any atom is 0.269 e.